The normalized spacial score (nSPS) is 30.4. The maximum Gasteiger partial charge on any atom is 0.312 e. The van der Waals surface area contributed by atoms with Crippen molar-refractivity contribution in [3.8, 4) is 23.0 Å². The Balaban J connectivity index is 1.73. The Kier molecular flexibility index (Phi) is 13.1. The molecule has 0 spiro atoms. The predicted molar refractivity (Wildman–Crippen MR) is 220 cm³/mol. The van der Waals surface area contributed by atoms with Gasteiger partial charge in [-0.1, -0.05) is 45.9 Å². The molecular weight excluding hydrogens is 769 g/mol. The number of aryl methyl sites for hydroxylation is 1. The summed E-state index contributed by atoms with van der Waals surface area (Å²) in [5.41, 5.74) is -0.636. The number of allylic oxidation sites excluding steroid dienone is 2. The number of fused-ring (bicyclic) bond motifs is 14. The molecule has 4 heterocycles. The van der Waals surface area contributed by atoms with Crippen LogP contribution in [0.15, 0.2) is 53.3 Å². The van der Waals surface area contributed by atoms with Crippen LogP contribution in [-0.4, -0.2) is 86.7 Å². The van der Waals surface area contributed by atoms with Crippen LogP contribution in [0.3, 0.4) is 0 Å². The Morgan fingerprint density at radius 1 is 0.948 bits per heavy atom. The van der Waals surface area contributed by atoms with Crippen LogP contribution in [0.4, 0.5) is 11.4 Å². The number of carbonyl (C=O) groups is 3. The highest BCUT2D eigenvalue weighted by Crippen LogP contribution is 2.57. The molecule has 312 valence electrons. The fourth-order valence-corrected chi connectivity index (χ4v) is 8.23. The number of hydrogen-bond acceptors (Lipinski definition) is 14. The van der Waals surface area contributed by atoms with E-state index in [4.69, 9.17) is 18.9 Å². The molecule has 15 heteroatoms. The number of aliphatic imine (C=N–C) groups is 1. The highest BCUT2D eigenvalue weighted by atomic mass is 32.1. The molecule has 6 rings (SSSR count). The monoisotopic (exact) mass is 820 g/mol. The Labute approximate surface area is 341 Å². The van der Waals surface area contributed by atoms with Crippen LogP contribution in [0.5, 0.6) is 23.0 Å². The molecule has 1 amide bonds. The third-order valence-electron chi connectivity index (χ3n) is 11.1. The van der Waals surface area contributed by atoms with E-state index >= 15 is 0 Å². The van der Waals surface area contributed by atoms with Gasteiger partial charge in [0.2, 0.25) is 0 Å². The lowest BCUT2D eigenvalue weighted by Gasteiger charge is -2.38. The number of carbonyl (C=O) groups excluding carboxylic acids is 3. The zero-order valence-corrected chi connectivity index (χ0v) is 35.0. The van der Waals surface area contributed by atoms with Crippen molar-refractivity contribution in [2.24, 2.45) is 28.7 Å². The third kappa shape index (κ3) is 8.35. The fourth-order valence-electron chi connectivity index (χ4n) is 7.48. The van der Waals surface area contributed by atoms with Crippen LogP contribution in [0.2, 0.25) is 0 Å². The van der Waals surface area contributed by atoms with Crippen LogP contribution >= 0.6 is 11.3 Å². The van der Waals surface area contributed by atoms with E-state index in [2.05, 4.69) is 10.3 Å². The van der Waals surface area contributed by atoms with Crippen molar-refractivity contribution in [3.63, 3.8) is 0 Å². The molecule has 0 aliphatic carbocycles. The summed E-state index contributed by atoms with van der Waals surface area (Å²) in [6, 6.07) is 3.67. The Morgan fingerprint density at radius 2 is 1.64 bits per heavy atom. The minimum Gasteiger partial charge on any atom is -0.507 e. The van der Waals surface area contributed by atoms with Gasteiger partial charge in [0.15, 0.2) is 11.5 Å². The Hall–Kier alpha value is -5.22. The molecule has 3 aliphatic rings. The number of aromatic hydroxyl groups is 3. The molecular formula is C43H52N2O12S. The molecule has 6 N–H and O–H groups in total. The van der Waals surface area contributed by atoms with E-state index in [0.29, 0.717) is 4.88 Å². The van der Waals surface area contributed by atoms with Gasteiger partial charge in [0.05, 0.1) is 35.5 Å². The SMILES string of the molecule is CO[C@H]1/C=C/O[C@@]2(C)Oc3c(C)c(O)c4c(O)c(c(N=Cc5ccc(C)s5)c(O)c4c3C2=O)NC(=O)/C(C)=C\C=C\[C@H](C)[C@H](O)[C@@H](C)[C@@H](O)[C@@H](C)[C@H](OC(C)=O)[C@@H]1C. The summed E-state index contributed by atoms with van der Waals surface area (Å²) in [6.07, 6.45) is 4.94. The smallest absolute Gasteiger partial charge is 0.312 e. The lowest BCUT2D eigenvalue weighted by Crippen LogP contribution is -2.46. The van der Waals surface area contributed by atoms with Crippen molar-refractivity contribution in [2.75, 3.05) is 12.4 Å². The number of phenolic OH excluding ortho intramolecular Hbond substituents is 3. The molecule has 3 aliphatic heterocycles. The zero-order valence-electron chi connectivity index (χ0n) is 34.2. The van der Waals surface area contributed by atoms with E-state index in [1.54, 1.807) is 45.9 Å². The second-order valence-electron chi connectivity index (χ2n) is 15.3. The zero-order chi connectivity index (χ0) is 43.0. The molecule has 0 radical (unpaired) electrons. The average molecular weight is 821 g/mol. The van der Waals surface area contributed by atoms with E-state index in [-0.39, 0.29) is 44.6 Å². The van der Waals surface area contributed by atoms with Gasteiger partial charge < -0.3 is 49.8 Å². The summed E-state index contributed by atoms with van der Waals surface area (Å²) >= 11 is 1.41. The number of Topliss-reactive ketones (excluding diaryl/α,β-unsaturated/α-hetero) is 1. The second kappa shape index (κ2) is 17.3. The van der Waals surface area contributed by atoms with Gasteiger partial charge in [-0.3, -0.25) is 14.4 Å². The van der Waals surface area contributed by atoms with Gasteiger partial charge >= 0.3 is 11.8 Å². The minimum atomic E-state index is -2.05. The number of benzene rings is 2. The summed E-state index contributed by atoms with van der Waals surface area (Å²) in [5, 5.41) is 60.2. The van der Waals surface area contributed by atoms with Crippen molar-refractivity contribution in [2.45, 2.75) is 92.5 Å². The number of nitrogens with one attached hydrogen (secondary N) is 1. The van der Waals surface area contributed by atoms with Crippen molar-refractivity contribution < 1.29 is 58.9 Å². The first-order valence-electron chi connectivity index (χ1n) is 18.9. The lowest BCUT2D eigenvalue weighted by atomic mass is 9.78. The number of aliphatic hydroxyl groups excluding tert-OH is 2. The first-order valence-corrected chi connectivity index (χ1v) is 19.7. The number of methoxy groups -OCH3 is 1. The molecule has 9 atom stereocenters. The quantitative estimate of drug-likeness (QED) is 0.0689. The van der Waals surface area contributed by atoms with Gasteiger partial charge in [0.1, 0.15) is 29.0 Å². The maximum atomic E-state index is 14.4. The van der Waals surface area contributed by atoms with Gasteiger partial charge in [0, 0.05) is 77.1 Å². The van der Waals surface area contributed by atoms with Gasteiger partial charge in [-0.25, -0.2) is 4.99 Å². The Bertz CT molecular complexity index is 2220. The molecule has 14 nitrogen and oxygen atoms in total. The second-order valence-corrected chi connectivity index (χ2v) is 16.6. The van der Waals surface area contributed by atoms with E-state index in [1.165, 1.54) is 70.8 Å². The van der Waals surface area contributed by atoms with Crippen molar-refractivity contribution >= 4 is 57.4 Å². The van der Waals surface area contributed by atoms with Crippen molar-refractivity contribution in [3.05, 3.63) is 69.2 Å². The van der Waals surface area contributed by atoms with E-state index in [1.807, 2.05) is 13.0 Å². The number of ketones is 1. The summed E-state index contributed by atoms with van der Waals surface area (Å²) in [4.78, 5) is 46.5. The van der Waals surface area contributed by atoms with Crippen molar-refractivity contribution in [1.82, 2.24) is 0 Å². The number of thiophene rings is 1. The maximum absolute atomic E-state index is 14.4. The van der Waals surface area contributed by atoms with Gasteiger partial charge in [0.25, 0.3) is 11.7 Å². The summed E-state index contributed by atoms with van der Waals surface area (Å²) in [7, 11) is 1.43. The molecule has 0 saturated carbocycles. The largest absolute Gasteiger partial charge is 0.507 e. The van der Waals surface area contributed by atoms with Crippen LogP contribution in [0, 0.1) is 37.5 Å². The highest BCUT2D eigenvalue weighted by Gasteiger charge is 2.50. The van der Waals surface area contributed by atoms with Gasteiger partial charge in [-0.05, 0) is 39.0 Å². The topological polar surface area (TPSA) is 214 Å². The summed E-state index contributed by atoms with van der Waals surface area (Å²) in [6.45, 7) is 14.4. The summed E-state index contributed by atoms with van der Waals surface area (Å²) < 4.78 is 23.5. The van der Waals surface area contributed by atoms with Crippen LogP contribution < -0.4 is 10.1 Å². The number of hydrogen-bond donors (Lipinski definition) is 6. The number of esters is 1. The molecule has 1 aromatic heterocycles. The van der Waals surface area contributed by atoms with Crippen LogP contribution in [0.25, 0.3) is 10.8 Å². The molecule has 5 bridgehead atoms. The van der Waals surface area contributed by atoms with E-state index < -0.39 is 88.8 Å². The van der Waals surface area contributed by atoms with Crippen molar-refractivity contribution in [1.29, 1.82) is 0 Å². The van der Waals surface area contributed by atoms with Crippen LogP contribution in [0.1, 0.15) is 74.1 Å². The van der Waals surface area contributed by atoms with E-state index in [9.17, 15) is 39.9 Å². The highest BCUT2D eigenvalue weighted by molar-refractivity contribution is 7.13. The van der Waals surface area contributed by atoms with Gasteiger partial charge in [-0.2, -0.15) is 0 Å². The first-order chi connectivity index (χ1) is 27.2. The molecule has 58 heavy (non-hydrogen) atoms. The predicted octanol–water partition coefficient (Wildman–Crippen LogP) is 6.87. The third-order valence-corrected chi connectivity index (χ3v) is 12.0. The van der Waals surface area contributed by atoms with Gasteiger partial charge in [-0.15, -0.1) is 11.3 Å². The number of ether oxygens (including phenoxy) is 4. The lowest BCUT2D eigenvalue weighted by molar-refractivity contribution is -0.160. The summed E-state index contributed by atoms with van der Waals surface area (Å²) in [5.74, 6) is -8.55. The Morgan fingerprint density at radius 3 is 2.26 bits per heavy atom. The van der Waals surface area contributed by atoms with E-state index in [0.717, 1.165) is 4.88 Å². The van der Waals surface area contributed by atoms with Crippen LogP contribution in [-0.2, 0) is 23.8 Å². The molecule has 0 fully saturated rings. The molecule has 2 aromatic carbocycles. The number of nitrogens with zero attached hydrogens (tertiary/aromatic N) is 1. The number of amides is 1. The standard InChI is InChI=1S/C43H52N2O12S/c1-19-12-11-13-20(2)42(53)45-33-32(44-18-27-15-14-21(3)58-27)37(50)29-30(38(33)51)36(49)25(7)40-31(29)41(52)43(9,57-40)55-17-16-28(54-10)22(4)39(56-26(8)46)24(6)35(48)23(5)34(19)47/h11-19,22-24,28,34-35,39,47-51H,1-10H3,(H,45,53)/b12-11+,17-16+,20-13-,44-18?/t19-,22+,23+,24+,28-,34-,35+,39+,43-/m0/s1. The number of phenols is 3. The average Bonchev–Trinajstić information content (AvgIpc) is 3.72. The first kappa shape index (κ1) is 43.9. The fraction of sp³-hybridized carbons (Fsp3) is 0.442. The number of aliphatic hydroxyl groups is 2. The molecule has 0 unspecified atom stereocenters. The minimum absolute atomic E-state index is 0.0434. The number of anilines is 1. The molecule has 0 saturated heterocycles. The number of rotatable bonds is 4. The molecule has 3 aromatic rings.